The van der Waals surface area contributed by atoms with E-state index >= 15 is 0 Å². The van der Waals surface area contributed by atoms with Crippen LogP contribution in [0.15, 0.2) is 34.9 Å². The second-order valence-electron chi connectivity index (χ2n) is 5.65. The molecule has 1 aromatic carbocycles. The lowest BCUT2D eigenvalue weighted by Gasteiger charge is -2.09. The van der Waals surface area contributed by atoms with E-state index in [4.69, 9.17) is 9.26 Å². The molecule has 3 rings (SSSR count). The van der Waals surface area contributed by atoms with Crippen molar-refractivity contribution in [1.82, 2.24) is 15.5 Å². The molecule has 0 aliphatic rings. The minimum Gasteiger partial charge on any atom is -0.490 e. The Bertz CT molecular complexity index is 908. The van der Waals surface area contributed by atoms with Crippen LogP contribution in [-0.4, -0.2) is 29.2 Å². The molecule has 0 atom stereocenters. The number of fused-ring (bicyclic) bond motifs is 1. The Balaban J connectivity index is 1.57. The minimum atomic E-state index is -0.399. The number of aryl methyl sites for hydroxylation is 2. The third-order valence-electron chi connectivity index (χ3n) is 3.69. The summed E-state index contributed by atoms with van der Waals surface area (Å²) in [5, 5.41) is 7.30. The molecule has 3 aromatic rings. The summed E-state index contributed by atoms with van der Waals surface area (Å²) in [7, 11) is 0. The molecule has 0 saturated carbocycles. The molecule has 130 valence electrons. The molecule has 0 saturated heterocycles. The average Bonchev–Trinajstić information content (AvgIpc) is 2.96. The fourth-order valence-electron chi connectivity index (χ4n) is 2.51. The third-order valence-corrected chi connectivity index (χ3v) is 3.69. The van der Waals surface area contributed by atoms with Crippen molar-refractivity contribution in [3.05, 3.63) is 53.1 Å². The van der Waals surface area contributed by atoms with Gasteiger partial charge in [-0.3, -0.25) is 4.79 Å². The van der Waals surface area contributed by atoms with Gasteiger partial charge >= 0.3 is 0 Å². The minimum absolute atomic E-state index is 0.209. The summed E-state index contributed by atoms with van der Waals surface area (Å²) in [5.41, 5.74) is 2.13. The van der Waals surface area contributed by atoms with Crippen LogP contribution in [0.5, 0.6) is 5.75 Å². The highest BCUT2D eigenvalue weighted by atomic mass is 19.1. The van der Waals surface area contributed by atoms with Crippen LogP contribution in [0.3, 0.4) is 0 Å². The molecule has 2 aromatic heterocycles. The number of halogens is 1. The van der Waals surface area contributed by atoms with Gasteiger partial charge in [0.15, 0.2) is 11.6 Å². The highest BCUT2D eigenvalue weighted by molar-refractivity contribution is 6.05. The molecule has 0 aliphatic heterocycles. The van der Waals surface area contributed by atoms with Gasteiger partial charge in [0.1, 0.15) is 0 Å². The van der Waals surface area contributed by atoms with E-state index in [9.17, 15) is 9.18 Å². The molecular formula is C18H18FN3O3. The molecule has 7 heteroatoms. The Morgan fingerprint density at radius 3 is 2.92 bits per heavy atom. The number of carbonyl (C=O) groups excluding carboxylic acids is 1. The number of hydrogen-bond acceptors (Lipinski definition) is 5. The van der Waals surface area contributed by atoms with Gasteiger partial charge in [-0.25, -0.2) is 9.37 Å². The van der Waals surface area contributed by atoms with Crippen molar-refractivity contribution in [1.29, 1.82) is 0 Å². The summed E-state index contributed by atoms with van der Waals surface area (Å²) >= 11 is 0. The van der Waals surface area contributed by atoms with Gasteiger partial charge in [-0.1, -0.05) is 17.3 Å². The number of benzene rings is 1. The number of hydrogen-bond donors (Lipinski definition) is 1. The first-order chi connectivity index (χ1) is 12.1. The summed E-state index contributed by atoms with van der Waals surface area (Å²) in [5.74, 6) is -0.419. The Hall–Kier alpha value is -2.96. The van der Waals surface area contributed by atoms with Gasteiger partial charge < -0.3 is 14.6 Å². The number of nitrogens with zero attached hydrogens (tertiary/aromatic N) is 2. The topological polar surface area (TPSA) is 77.2 Å². The van der Waals surface area contributed by atoms with Crippen LogP contribution >= 0.6 is 0 Å². The summed E-state index contributed by atoms with van der Waals surface area (Å²) in [6.07, 6.45) is 0.551. The molecule has 1 N–H and O–H groups in total. The second kappa shape index (κ2) is 7.29. The van der Waals surface area contributed by atoms with Crippen LogP contribution in [0, 0.1) is 19.7 Å². The van der Waals surface area contributed by atoms with Crippen LogP contribution in [0.4, 0.5) is 4.39 Å². The summed E-state index contributed by atoms with van der Waals surface area (Å²) < 4.78 is 23.9. The fraction of sp³-hybridized carbons (Fsp3) is 0.278. The molecule has 0 bridgehead atoms. The molecule has 6 nitrogen and oxygen atoms in total. The standard InChI is InChI=1S/C18H18FN3O3/c1-11-10-13(16-12(2)22-25-18(16)21-11)17(23)20-8-5-9-24-15-7-4-3-6-14(15)19/h3-4,6-7,10H,5,8-9H2,1-2H3,(H,20,23). The van der Waals surface area contributed by atoms with E-state index in [1.54, 1.807) is 38.1 Å². The van der Waals surface area contributed by atoms with Crippen LogP contribution in [0.2, 0.25) is 0 Å². The van der Waals surface area contributed by atoms with E-state index in [0.717, 1.165) is 0 Å². The van der Waals surface area contributed by atoms with E-state index in [-0.39, 0.29) is 11.7 Å². The van der Waals surface area contributed by atoms with E-state index in [1.807, 2.05) is 0 Å². The maximum Gasteiger partial charge on any atom is 0.258 e. The van der Waals surface area contributed by atoms with E-state index in [2.05, 4.69) is 15.5 Å². The number of pyridine rings is 1. The quantitative estimate of drug-likeness (QED) is 0.696. The molecule has 0 radical (unpaired) electrons. The van der Waals surface area contributed by atoms with Crippen molar-refractivity contribution >= 4 is 17.0 Å². The van der Waals surface area contributed by atoms with E-state index in [0.29, 0.717) is 47.6 Å². The molecule has 0 unspecified atom stereocenters. The maximum absolute atomic E-state index is 13.4. The monoisotopic (exact) mass is 343 g/mol. The first kappa shape index (κ1) is 16.9. The average molecular weight is 343 g/mol. The number of aromatic nitrogens is 2. The number of rotatable bonds is 6. The van der Waals surface area contributed by atoms with Gasteiger partial charge in [0.25, 0.3) is 11.6 Å². The molecule has 0 aliphatic carbocycles. The second-order valence-corrected chi connectivity index (χ2v) is 5.65. The van der Waals surface area contributed by atoms with Gasteiger partial charge in [0.05, 0.1) is 23.3 Å². The normalized spacial score (nSPS) is 10.8. The van der Waals surface area contributed by atoms with Gasteiger partial charge in [0, 0.05) is 12.2 Å². The van der Waals surface area contributed by atoms with Crippen molar-refractivity contribution in [3.8, 4) is 5.75 Å². The highest BCUT2D eigenvalue weighted by Crippen LogP contribution is 2.21. The van der Waals surface area contributed by atoms with Gasteiger partial charge in [-0.15, -0.1) is 0 Å². The number of para-hydroxylation sites is 1. The molecule has 25 heavy (non-hydrogen) atoms. The Morgan fingerprint density at radius 1 is 1.32 bits per heavy atom. The van der Waals surface area contributed by atoms with Gasteiger partial charge in [-0.2, -0.15) is 0 Å². The Kier molecular flexibility index (Phi) is 4.92. The predicted octanol–water partition coefficient (Wildman–Crippen LogP) is 3.18. The van der Waals surface area contributed by atoms with E-state index in [1.165, 1.54) is 6.07 Å². The number of ether oxygens (including phenoxy) is 1. The van der Waals surface area contributed by atoms with Crippen LogP contribution in [0.25, 0.3) is 11.1 Å². The Morgan fingerprint density at radius 2 is 2.12 bits per heavy atom. The zero-order valence-electron chi connectivity index (χ0n) is 14.0. The molecule has 2 heterocycles. The lowest BCUT2D eigenvalue weighted by Crippen LogP contribution is -2.26. The van der Waals surface area contributed by atoms with Crippen molar-refractivity contribution in [2.45, 2.75) is 20.3 Å². The smallest absolute Gasteiger partial charge is 0.258 e. The van der Waals surface area contributed by atoms with Crippen molar-refractivity contribution in [2.24, 2.45) is 0 Å². The largest absolute Gasteiger partial charge is 0.490 e. The zero-order valence-corrected chi connectivity index (χ0v) is 14.0. The van der Waals surface area contributed by atoms with Gasteiger partial charge in [0.2, 0.25) is 0 Å². The number of carbonyl (C=O) groups is 1. The Labute approximate surface area is 144 Å². The summed E-state index contributed by atoms with van der Waals surface area (Å²) in [6, 6.07) is 7.93. The molecule has 0 fully saturated rings. The molecule has 1 amide bonds. The van der Waals surface area contributed by atoms with Crippen molar-refractivity contribution < 1.29 is 18.4 Å². The first-order valence-corrected chi connectivity index (χ1v) is 7.95. The van der Waals surface area contributed by atoms with E-state index < -0.39 is 5.82 Å². The lowest BCUT2D eigenvalue weighted by atomic mass is 10.1. The molecule has 0 spiro atoms. The summed E-state index contributed by atoms with van der Waals surface area (Å²) in [6.45, 7) is 4.26. The number of amides is 1. The maximum atomic E-state index is 13.4. The third kappa shape index (κ3) is 3.76. The summed E-state index contributed by atoms with van der Waals surface area (Å²) in [4.78, 5) is 16.7. The van der Waals surface area contributed by atoms with Crippen LogP contribution in [-0.2, 0) is 0 Å². The van der Waals surface area contributed by atoms with Crippen molar-refractivity contribution in [2.75, 3.05) is 13.2 Å². The fourth-order valence-corrected chi connectivity index (χ4v) is 2.51. The molecular weight excluding hydrogens is 325 g/mol. The lowest BCUT2D eigenvalue weighted by molar-refractivity contribution is 0.0953. The number of nitrogens with one attached hydrogen (secondary N) is 1. The van der Waals surface area contributed by atoms with Crippen LogP contribution < -0.4 is 10.1 Å². The predicted molar refractivity (Wildman–Crippen MR) is 90.1 cm³/mol. The SMILES string of the molecule is Cc1cc(C(=O)NCCCOc2ccccc2F)c2c(C)noc2n1. The van der Waals surface area contributed by atoms with Crippen molar-refractivity contribution in [3.63, 3.8) is 0 Å². The first-order valence-electron chi connectivity index (χ1n) is 7.95. The zero-order chi connectivity index (χ0) is 17.8. The van der Waals surface area contributed by atoms with Gasteiger partial charge in [-0.05, 0) is 38.5 Å². The highest BCUT2D eigenvalue weighted by Gasteiger charge is 2.17. The van der Waals surface area contributed by atoms with Crippen LogP contribution in [0.1, 0.15) is 28.2 Å².